The lowest BCUT2D eigenvalue weighted by molar-refractivity contribution is 0.624. The molecule has 0 bridgehead atoms. The van der Waals surface area contributed by atoms with Crippen molar-refractivity contribution in [3.8, 4) is 45.3 Å². The Bertz CT molecular complexity index is 2510. The molecular formula is C48H39N5. The van der Waals surface area contributed by atoms with Crippen LogP contribution in [0.25, 0.3) is 62.1 Å². The Morgan fingerprint density at radius 2 is 1.28 bits per heavy atom. The molecule has 0 saturated heterocycles. The van der Waals surface area contributed by atoms with Crippen LogP contribution in [-0.2, 0) is 0 Å². The van der Waals surface area contributed by atoms with Crippen LogP contribution in [0.3, 0.4) is 0 Å². The third-order valence-electron chi connectivity index (χ3n) is 9.96. The third kappa shape index (κ3) is 6.61. The van der Waals surface area contributed by atoms with Crippen LogP contribution >= 0.6 is 0 Å². The summed E-state index contributed by atoms with van der Waals surface area (Å²) in [7, 11) is 0. The van der Waals surface area contributed by atoms with Crippen molar-refractivity contribution in [1.82, 2.24) is 20.3 Å². The van der Waals surface area contributed by atoms with E-state index in [-0.39, 0.29) is 6.17 Å². The van der Waals surface area contributed by atoms with Gasteiger partial charge < -0.3 is 5.32 Å². The molecular weight excluding hydrogens is 647 g/mol. The van der Waals surface area contributed by atoms with Crippen molar-refractivity contribution in [1.29, 1.82) is 0 Å². The highest BCUT2D eigenvalue weighted by Gasteiger charge is 2.22. The van der Waals surface area contributed by atoms with E-state index in [1.54, 1.807) is 0 Å². The first-order chi connectivity index (χ1) is 26.0. The number of rotatable bonds is 8. The van der Waals surface area contributed by atoms with Crippen molar-refractivity contribution < 1.29 is 0 Å². The molecule has 1 aliphatic heterocycles. The number of benzene rings is 6. The van der Waals surface area contributed by atoms with E-state index >= 15 is 0 Å². The van der Waals surface area contributed by atoms with Crippen molar-refractivity contribution in [3.05, 3.63) is 192 Å². The number of hydrogen-bond acceptors (Lipinski definition) is 5. The summed E-state index contributed by atoms with van der Waals surface area (Å²) >= 11 is 0. The molecule has 2 heterocycles. The number of hydrogen-bond donors (Lipinski definition) is 1. The van der Waals surface area contributed by atoms with Gasteiger partial charge in [-0.05, 0) is 71.0 Å². The van der Waals surface area contributed by atoms with Gasteiger partial charge in [0.05, 0.1) is 5.71 Å². The molecule has 0 fully saturated rings. The van der Waals surface area contributed by atoms with Gasteiger partial charge in [-0.3, -0.25) is 4.99 Å². The lowest BCUT2D eigenvalue weighted by Gasteiger charge is -2.26. The Balaban J connectivity index is 1.25. The summed E-state index contributed by atoms with van der Waals surface area (Å²) in [5.41, 5.74) is 12.6. The Kier molecular flexibility index (Phi) is 9.14. The van der Waals surface area contributed by atoms with Crippen LogP contribution in [0.2, 0.25) is 0 Å². The van der Waals surface area contributed by atoms with E-state index in [9.17, 15) is 0 Å². The molecule has 6 aromatic carbocycles. The highest BCUT2D eigenvalue weighted by Crippen LogP contribution is 2.39. The number of aliphatic imine (C=N–C) groups is 1. The molecule has 53 heavy (non-hydrogen) atoms. The predicted octanol–water partition coefficient (Wildman–Crippen LogP) is 11.6. The van der Waals surface area contributed by atoms with Crippen molar-refractivity contribution >= 4 is 22.6 Å². The van der Waals surface area contributed by atoms with E-state index in [1.165, 1.54) is 11.1 Å². The van der Waals surface area contributed by atoms with Crippen LogP contribution in [0.1, 0.15) is 42.3 Å². The minimum atomic E-state index is -0.262. The van der Waals surface area contributed by atoms with Crippen molar-refractivity contribution in [2.75, 3.05) is 0 Å². The number of allylic oxidation sites excluding steroid dienone is 3. The van der Waals surface area contributed by atoms with E-state index in [2.05, 4.69) is 124 Å². The molecule has 0 spiro atoms. The number of nitrogens with zero attached hydrogens (tertiary/aromatic N) is 4. The average molecular weight is 686 g/mol. The lowest BCUT2D eigenvalue weighted by Crippen LogP contribution is -2.26. The van der Waals surface area contributed by atoms with Crippen LogP contribution < -0.4 is 5.32 Å². The molecule has 1 aliphatic rings. The van der Waals surface area contributed by atoms with Crippen molar-refractivity contribution in [2.45, 2.75) is 26.9 Å². The van der Waals surface area contributed by atoms with E-state index in [1.807, 2.05) is 66.7 Å². The molecule has 8 rings (SSSR count). The molecule has 0 radical (unpaired) electrons. The van der Waals surface area contributed by atoms with Gasteiger partial charge in [0.1, 0.15) is 6.17 Å². The van der Waals surface area contributed by atoms with Crippen LogP contribution in [-0.4, -0.2) is 20.7 Å². The summed E-state index contributed by atoms with van der Waals surface area (Å²) in [5, 5.41) is 5.89. The number of fused-ring (bicyclic) bond motifs is 1. The minimum absolute atomic E-state index is 0.262. The molecule has 5 heteroatoms. The summed E-state index contributed by atoms with van der Waals surface area (Å²) in [5.74, 6) is 1.90. The molecule has 0 saturated carbocycles. The van der Waals surface area contributed by atoms with Crippen LogP contribution in [0.4, 0.5) is 0 Å². The second kappa shape index (κ2) is 14.5. The summed E-state index contributed by atoms with van der Waals surface area (Å²) in [6.45, 7) is 10.3. The second-order valence-corrected chi connectivity index (χ2v) is 13.2. The molecule has 1 N–H and O–H groups in total. The Labute approximate surface area is 310 Å². The summed E-state index contributed by atoms with van der Waals surface area (Å²) in [4.78, 5) is 20.5. The molecule has 1 aromatic heterocycles. The van der Waals surface area contributed by atoms with Gasteiger partial charge in [0, 0.05) is 28.0 Å². The molecule has 0 aliphatic carbocycles. The fraction of sp³-hybridized carbons (Fsp3) is 0.0833. The van der Waals surface area contributed by atoms with E-state index in [0.717, 1.165) is 66.7 Å². The topological polar surface area (TPSA) is 63.1 Å². The zero-order valence-electron chi connectivity index (χ0n) is 30.1. The summed E-state index contributed by atoms with van der Waals surface area (Å²) in [6.07, 6.45) is 5.92. The lowest BCUT2D eigenvalue weighted by atomic mass is 9.92. The molecule has 5 nitrogen and oxygen atoms in total. The van der Waals surface area contributed by atoms with Gasteiger partial charge in [-0.25, -0.2) is 15.0 Å². The average Bonchev–Trinajstić information content (AvgIpc) is 3.23. The van der Waals surface area contributed by atoms with Gasteiger partial charge in [0.25, 0.3) is 0 Å². The summed E-state index contributed by atoms with van der Waals surface area (Å²) in [6, 6.07) is 48.0. The maximum absolute atomic E-state index is 5.25. The van der Waals surface area contributed by atoms with Gasteiger partial charge in [0.2, 0.25) is 0 Å². The number of nitrogens with one attached hydrogen (secondary N) is 1. The first-order valence-corrected chi connectivity index (χ1v) is 17.9. The third-order valence-corrected chi connectivity index (χ3v) is 9.96. The van der Waals surface area contributed by atoms with Gasteiger partial charge in [-0.15, -0.1) is 0 Å². The van der Waals surface area contributed by atoms with E-state index in [4.69, 9.17) is 19.9 Å². The molecule has 0 amide bonds. The second-order valence-electron chi connectivity index (χ2n) is 13.2. The first-order valence-electron chi connectivity index (χ1n) is 17.9. The monoisotopic (exact) mass is 685 g/mol. The molecule has 256 valence electrons. The standard InChI is InChI=1S/C48H39N5/c1-5-31(3)42-30-43(39-23-15-21-33(6-2)32(39)4)50-45(49-42)38-26-24-35(25-27-38)41-29-28-34-16-13-14-22-40(34)44(41)48-52-46(36-17-9-7-10-18-36)51-47(53-48)37-19-11-8-12-20-37/h5-30,45,49H,2H2,1,3-4H3/b31-5+. The highest BCUT2D eigenvalue weighted by molar-refractivity contribution is 6.11. The number of aromatic nitrogens is 3. The van der Waals surface area contributed by atoms with E-state index in [0.29, 0.717) is 17.5 Å². The smallest absolute Gasteiger partial charge is 0.165 e. The van der Waals surface area contributed by atoms with Crippen molar-refractivity contribution in [2.24, 2.45) is 4.99 Å². The van der Waals surface area contributed by atoms with Gasteiger partial charge in [-0.2, -0.15) is 0 Å². The van der Waals surface area contributed by atoms with E-state index < -0.39 is 0 Å². The maximum Gasteiger partial charge on any atom is 0.165 e. The van der Waals surface area contributed by atoms with Gasteiger partial charge in [-0.1, -0.05) is 158 Å². The SMILES string of the molecule is C=Cc1cccc(C2=NC(c3ccc(-c4ccc5ccccc5c4-c4nc(-c5ccccc5)nc(-c5ccccc5)n4)cc3)NC(/C(C)=C/C)=C2)c1C. The normalized spacial score (nSPS) is 14.3. The molecule has 1 unspecified atom stereocenters. The van der Waals surface area contributed by atoms with Crippen molar-refractivity contribution in [3.63, 3.8) is 0 Å². The quantitative estimate of drug-likeness (QED) is 0.173. The minimum Gasteiger partial charge on any atom is -0.360 e. The predicted molar refractivity (Wildman–Crippen MR) is 220 cm³/mol. The van der Waals surface area contributed by atoms with Crippen LogP contribution in [0, 0.1) is 6.92 Å². The van der Waals surface area contributed by atoms with Crippen LogP contribution in [0.15, 0.2) is 175 Å². The largest absolute Gasteiger partial charge is 0.360 e. The fourth-order valence-corrected chi connectivity index (χ4v) is 6.89. The zero-order valence-corrected chi connectivity index (χ0v) is 30.1. The fourth-order valence-electron chi connectivity index (χ4n) is 6.89. The Morgan fingerprint density at radius 3 is 1.94 bits per heavy atom. The highest BCUT2D eigenvalue weighted by atomic mass is 15.1. The summed E-state index contributed by atoms with van der Waals surface area (Å²) < 4.78 is 0. The van der Waals surface area contributed by atoms with Gasteiger partial charge >= 0.3 is 0 Å². The Hall–Kier alpha value is -6.72. The molecule has 1 atom stereocenters. The maximum atomic E-state index is 5.25. The zero-order chi connectivity index (χ0) is 36.3. The molecule has 7 aromatic rings. The first kappa shape index (κ1) is 33.4. The Morgan fingerprint density at radius 1 is 0.642 bits per heavy atom. The van der Waals surface area contributed by atoms with Crippen LogP contribution in [0.5, 0.6) is 0 Å². The van der Waals surface area contributed by atoms with Gasteiger partial charge in [0.15, 0.2) is 17.5 Å².